The minimum absolute atomic E-state index is 0.402. The van der Waals surface area contributed by atoms with Gasteiger partial charge in [-0.2, -0.15) is 0 Å². The molecule has 0 radical (unpaired) electrons. The van der Waals surface area contributed by atoms with Crippen LogP contribution in [0.3, 0.4) is 0 Å². The summed E-state index contributed by atoms with van der Waals surface area (Å²) in [6.07, 6.45) is 4.06. The second kappa shape index (κ2) is 6.99. The molecule has 0 spiro atoms. The highest BCUT2D eigenvalue weighted by Crippen LogP contribution is 2.23. The van der Waals surface area contributed by atoms with Gasteiger partial charge in [0.05, 0.1) is 0 Å². The Morgan fingerprint density at radius 3 is 2.95 bits per heavy atom. The Labute approximate surface area is 125 Å². The average Bonchev–Trinajstić information content (AvgIpc) is 2.44. The third-order valence-corrected chi connectivity index (χ3v) is 3.55. The highest BCUT2D eigenvalue weighted by Gasteiger charge is 2.05. The minimum atomic E-state index is -1.07. The number of nitrogens with zero attached hydrogens (tertiary/aromatic N) is 2. The molecular formula is C15H13FN2O2S. The van der Waals surface area contributed by atoms with Gasteiger partial charge in [-0.3, -0.25) is 0 Å². The standard InChI is InChI=1S/C15H13FN2O2S/c1-10-6-7-17-15(18-10)21-9-12-2-4-13(16)8-11(12)3-5-14(19)20/h2-8H,9H2,1H3,(H,19,20). The fourth-order valence-corrected chi connectivity index (χ4v) is 2.54. The summed E-state index contributed by atoms with van der Waals surface area (Å²) in [6, 6.07) is 6.11. The molecule has 0 aliphatic carbocycles. The number of carbonyl (C=O) groups is 1. The first-order chi connectivity index (χ1) is 10.0. The van der Waals surface area contributed by atoms with E-state index in [0.29, 0.717) is 16.5 Å². The van der Waals surface area contributed by atoms with E-state index < -0.39 is 11.8 Å². The van der Waals surface area contributed by atoms with Gasteiger partial charge < -0.3 is 5.11 Å². The molecule has 108 valence electrons. The van der Waals surface area contributed by atoms with Crippen molar-refractivity contribution in [2.45, 2.75) is 17.8 Å². The van der Waals surface area contributed by atoms with Gasteiger partial charge in [0.15, 0.2) is 5.16 Å². The third kappa shape index (κ3) is 4.68. The van der Waals surface area contributed by atoms with E-state index in [2.05, 4.69) is 9.97 Å². The fourth-order valence-electron chi connectivity index (χ4n) is 1.65. The van der Waals surface area contributed by atoms with Crippen molar-refractivity contribution in [1.82, 2.24) is 9.97 Å². The van der Waals surface area contributed by atoms with E-state index >= 15 is 0 Å². The van der Waals surface area contributed by atoms with Crippen molar-refractivity contribution >= 4 is 23.8 Å². The highest BCUT2D eigenvalue weighted by atomic mass is 32.2. The third-order valence-electron chi connectivity index (χ3n) is 2.64. The zero-order valence-corrected chi connectivity index (χ0v) is 12.1. The smallest absolute Gasteiger partial charge is 0.328 e. The van der Waals surface area contributed by atoms with Gasteiger partial charge in [-0.1, -0.05) is 17.8 Å². The molecule has 0 saturated carbocycles. The summed E-state index contributed by atoms with van der Waals surface area (Å²) >= 11 is 1.42. The number of rotatable bonds is 5. The van der Waals surface area contributed by atoms with Gasteiger partial charge in [-0.15, -0.1) is 0 Å². The zero-order chi connectivity index (χ0) is 15.2. The summed E-state index contributed by atoms with van der Waals surface area (Å²) in [4.78, 5) is 19.0. The van der Waals surface area contributed by atoms with Gasteiger partial charge in [0.25, 0.3) is 0 Å². The number of carboxylic acids is 1. The lowest BCUT2D eigenvalue weighted by Crippen LogP contribution is -1.93. The average molecular weight is 304 g/mol. The van der Waals surface area contributed by atoms with Crippen LogP contribution in [0.5, 0.6) is 0 Å². The van der Waals surface area contributed by atoms with Gasteiger partial charge in [0, 0.05) is 23.7 Å². The van der Waals surface area contributed by atoms with Gasteiger partial charge in [0.1, 0.15) is 5.82 Å². The van der Waals surface area contributed by atoms with Crippen LogP contribution < -0.4 is 0 Å². The van der Waals surface area contributed by atoms with Crippen LogP contribution >= 0.6 is 11.8 Å². The summed E-state index contributed by atoms with van der Waals surface area (Å²) in [5.41, 5.74) is 2.24. The largest absolute Gasteiger partial charge is 0.478 e. The number of benzene rings is 1. The number of aryl methyl sites for hydroxylation is 1. The predicted molar refractivity (Wildman–Crippen MR) is 79.4 cm³/mol. The molecule has 2 aromatic rings. The normalized spacial score (nSPS) is 11.0. The molecule has 4 nitrogen and oxygen atoms in total. The maximum Gasteiger partial charge on any atom is 0.328 e. The molecular weight excluding hydrogens is 291 g/mol. The molecule has 1 aromatic heterocycles. The Bertz CT molecular complexity index is 689. The van der Waals surface area contributed by atoms with Crippen molar-refractivity contribution in [1.29, 1.82) is 0 Å². The van der Waals surface area contributed by atoms with Crippen molar-refractivity contribution in [3.05, 3.63) is 59.2 Å². The topological polar surface area (TPSA) is 63.1 Å². The molecule has 6 heteroatoms. The Balaban J connectivity index is 2.17. The molecule has 21 heavy (non-hydrogen) atoms. The lowest BCUT2D eigenvalue weighted by atomic mass is 10.1. The van der Waals surface area contributed by atoms with Crippen molar-refractivity contribution in [3.63, 3.8) is 0 Å². The number of halogens is 1. The first kappa shape index (κ1) is 15.2. The van der Waals surface area contributed by atoms with Crippen LogP contribution in [0.1, 0.15) is 16.8 Å². The van der Waals surface area contributed by atoms with E-state index in [9.17, 15) is 9.18 Å². The summed E-state index contributed by atoms with van der Waals surface area (Å²) in [7, 11) is 0. The predicted octanol–water partition coefficient (Wildman–Crippen LogP) is 3.31. The van der Waals surface area contributed by atoms with Crippen LogP contribution in [0.4, 0.5) is 4.39 Å². The van der Waals surface area contributed by atoms with Crippen molar-refractivity contribution < 1.29 is 14.3 Å². The molecule has 0 saturated heterocycles. The molecule has 0 fully saturated rings. The van der Waals surface area contributed by atoms with Crippen LogP contribution in [-0.2, 0) is 10.5 Å². The first-order valence-corrected chi connectivity index (χ1v) is 7.15. The molecule has 0 aliphatic heterocycles. The molecule has 1 N–H and O–H groups in total. The van der Waals surface area contributed by atoms with Crippen LogP contribution in [-0.4, -0.2) is 21.0 Å². The van der Waals surface area contributed by atoms with Gasteiger partial charge in [0.2, 0.25) is 0 Å². The maximum atomic E-state index is 13.3. The monoisotopic (exact) mass is 304 g/mol. The maximum absolute atomic E-state index is 13.3. The summed E-state index contributed by atoms with van der Waals surface area (Å²) in [5, 5.41) is 9.30. The Morgan fingerprint density at radius 1 is 1.43 bits per heavy atom. The first-order valence-electron chi connectivity index (χ1n) is 6.16. The van der Waals surface area contributed by atoms with Gasteiger partial charge in [-0.25, -0.2) is 19.2 Å². The number of aliphatic carboxylic acids is 1. The molecule has 0 bridgehead atoms. The summed E-state index contributed by atoms with van der Waals surface area (Å²) < 4.78 is 13.3. The van der Waals surface area contributed by atoms with Crippen molar-refractivity contribution in [3.8, 4) is 0 Å². The molecule has 0 amide bonds. The highest BCUT2D eigenvalue weighted by molar-refractivity contribution is 7.98. The van der Waals surface area contributed by atoms with E-state index in [0.717, 1.165) is 17.3 Å². The summed E-state index contributed by atoms with van der Waals surface area (Å²) in [6.45, 7) is 1.88. The van der Waals surface area contributed by atoms with E-state index in [1.54, 1.807) is 12.3 Å². The van der Waals surface area contributed by atoms with Gasteiger partial charge in [-0.05, 0) is 42.3 Å². The summed E-state index contributed by atoms with van der Waals surface area (Å²) in [5.74, 6) is -0.941. The van der Waals surface area contributed by atoms with Crippen molar-refractivity contribution in [2.75, 3.05) is 0 Å². The second-order valence-corrected chi connectivity index (χ2v) is 5.23. The lowest BCUT2D eigenvalue weighted by Gasteiger charge is -2.06. The number of thioether (sulfide) groups is 1. The van der Waals surface area contributed by atoms with E-state index in [1.807, 2.05) is 13.0 Å². The van der Waals surface area contributed by atoms with Crippen LogP contribution in [0.25, 0.3) is 6.08 Å². The van der Waals surface area contributed by atoms with Gasteiger partial charge >= 0.3 is 5.97 Å². The molecule has 0 unspecified atom stereocenters. The van der Waals surface area contributed by atoms with E-state index in [1.165, 1.54) is 30.0 Å². The number of carboxylic acid groups (broad SMARTS) is 1. The Hall–Kier alpha value is -2.21. The molecule has 0 aliphatic rings. The van der Waals surface area contributed by atoms with E-state index in [4.69, 9.17) is 5.11 Å². The SMILES string of the molecule is Cc1ccnc(SCc2ccc(F)cc2C=CC(=O)O)n1. The molecule has 1 heterocycles. The number of hydrogen-bond donors (Lipinski definition) is 1. The Kier molecular flexibility index (Phi) is 5.05. The Morgan fingerprint density at radius 2 is 2.24 bits per heavy atom. The quantitative estimate of drug-likeness (QED) is 0.521. The minimum Gasteiger partial charge on any atom is -0.478 e. The van der Waals surface area contributed by atoms with Crippen LogP contribution in [0, 0.1) is 12.7 Å². The molecule has 1 aromatic carbocycles. The second-order valence-electron chi connectivity index (χ2n) is 4.28. The van der Waals surface area contributed by atoms with E-state index in [-0.39, 0.29) is 0 Å². The number of hydrogen-bond acceptors (Lipinski definition) is 4. The van der Waals surface area contributed by atoms with Crippen molar-refractivity contribution in [2.24, 2.45) is 0 Å². The molecule has 2 rings (SSSR count). The fraction of sp³-hybridized carbons (Fsp3) is 0.133. The molecule has 0 atom stereocenters. The van der Waals surface area contributed by atoms with Crippen LogP contribution in [0.2, 0.25) is 0 Å². The zero-order valence-electron chi connectivity index (χ0n) is 11.3. The lowest BCUT2D eigenvalue weighted by molar-refractivity contribution is -0.131. The van der Waals surface area contributed by atoms with Crippen LogP contribution in [0.15, 0.2) is 41.7 Å². The number of aromatic nitrogens is 2.